The predicted octanol–water partition coefficient (Wildman–Crippen LogP) is 3.18. The molecule has 1 unspecified atom stereocenters. The van der Waals surface area contributed by atoms with E-state index in [4.69, 9.17) is 0 Å². The Morgan fingerprint density at radius 2 is 2.16 bits per heavy atom. The Morgan fingerprint density at radius 1 is 1.36 bits per heavy atom. The Kier molecular flexibility index (Phi) is 5.62. The van der Waals surface area contributed by atoms with Crippen LogP contribution in [0.15, 0.2) is 33.2 Å². The molecule has 0 saturated carbocycles. The lowest BCUT2D eigenvalue weighted by Crippen LogP contribution is -2.45. The van der Waals surface area contributed by atoms with E-state index >= 15 is 0 Å². The number of carbonyl (C=O) groups is 1. The highest BCUT2D eigenvalue weighted by Gasteiger charge is 2.35. The van der Waals surface area contributed by atoms with Crippen molar-refractivity contribution in [2.24, 2.45) is 5.92 Å². The van der Waals surface area contributed by atoms with Gasteiger partial charge in [-0.15, -0.1) is 11.3 Å². The number of amides is 1. The number of aryl methyl sites for hydroxylation is 1. The zero-order valence-corrected chi connectivity index (χ0v) is 16.8. The molecule has 1 amide bonds. The molecule has 1 atom stereocenters. The van der Waals surface area contributed by atoms with Crippen LogP contribution in [0.5, 0.6) is 0 Å². The fraction of sp³-hybridized carbons (Fsp3) is 0.471. The van der Waals surface area contributed by atoms with Crippen LogP contribution in [0.25, 0.3) is 0 Å². The van der Waals surface area contributed by atoms with Gasteiger partial charge in [0.25, 0.3) is 10.0 Å². The summed E-state index contributed by atoms with van der Waals surface area (Å²) in [6.07, 6.45) is 1.45. The number of hydrogen-bond donors (Lipinski definition) is 0. The molecule has 1 aliphatic rings. The van der Waals surface area contributed by atoms with Gasteiger partial charge in [0.2, 0.25) is 5.91 Å². The molecule has 25 heavy (non-hydrogen) atoms. The molecule has 5 nitrogen and oxygen atoms in total. The molecule has 1 aliphatic heterocycles. The maximum absolute atomic E-state index is 12.8. The average Bonchev–Trinajstić information content (AvgIpc) is 3.26. The summed E-state index contributed by atoms with van der Waals surface area (Å²) in [7, 11) is -1.71. The third-order valence-corrected chi connectivity index (χ3v) is 8.48. The number of hydrogen-bond acceptors (Lipinski definition) is 5. The van der Waals surface area contributed by atoms with Crippen molar-refractivity contribution in [3.63, 3.8) is 0 Å². The van der Waals surface area contributed by atoms with Crippen molar-refractivity contribution in [2.75, 3.05) is 20.1 Å². The van der Waals surface area contributed by atoms with Gasteiger partial charge in [-0.2, -0.15) is 15.6 Å². The fourth-order valence-corrected chi connectivity index (χ4v) is 6.71. The van der Waals surface area contributed by atoms with Gasteiger partial charge in [-0.3, -0.25) is 4.79 Å². The van der Waals surface area contributed by atoms with Crippen molar-refractivity contribution in [1.82, 2.24) is 9.21 Å². The molecule has 0 aliphatic carbocycles. The van der Waals surface area contributed by atoms with Crippen LogP contribution in [0.1, 0.15) is 23.3 Å². The van der Waals surface area contributed by atoms with Crippen molar-refractivity contribution in [1.29, 1.82) is 0 Å². The zero-order valence-electron chi connectivity index (χ0n) is 14.3. The minimum absolute atomic E-state index is 0.0217. The molecule has 0 radical (unpaired) electrons. The van der Waals surface area contributed by atoms with E-state index in [1.807, 2.05) is 29.8 Å². The molecule has 8 heteroatoms. The number of thiophene rings is 2. The van der Waals surface area contributed by atoms with E-state index in [-0.39, 0.29) is 18.4 Å². The third kappa shape index (κ3) is 4.13. The Balaban J connectivity index is 1.69. The second-order valence-corrected chi connectivity index (χ2v) is 10.6. The standard InChI is InChI=1S/C17H22N2O3S3/c1-13-5-6-16(24-13)25(21,22)19-8-3-4-15(11-19)17(20)18(2)10-14-7-9-23-12-14/h5-7,9,12,15H,3-4,8,10-11H2,1-2H3. The zero-order chi connectivity index (χ0) is 18.0. The summed E-state index contributed by atoms with van der Waals surface area (Å²) in [4.78, 5) is 15.4. The summed E-state index contributed by atoms with van der Waals surface area (Å²) in [5, 5.41) is 4.02. The first-order valence-electron chi connectivity index (χ1n) is 8.20. The summed E-state index contributed by atoms with van der Waals surface area (Å²) >= 11 is 2.89. The van der Waals surface area contributed by atoms with Gasteiger partial charge in [-0.25, -0.2) is 8.42 Å². The molecular formula is C17H22N2O3S3. The van der Waals surface area contributed by atoms with Crippen molar-refractivity contribution >= 4 is 38.6 Å². The Bertz CT molecular complexity index is 827. The number of carbonyl (C=O) groups excluding carboxylic acids is 1. The monoisotopic (exact) mass is 398 g/mol. The van der Waals surface area contributed by atoms with E-state index in [1.54, 1.807) is 29.4 Å². The molecular weight excluding hydrogens is 376 g/mol. The first-order valence-corrected chi connectivity index (χ1v) is 11.4. The van der Waals surface area contributed by atoms with E-state index in [0.29, 0.717) is 23.7 Å². The molecule has 0 bridgehead atoms. The Labute approximate surface area is 156 Å². The van der Waals surface area contributed by atoms with Crippen molar-refractivity contribution in [3.8, 4) is 0 Å². The molecule has 0 spiro atoms. The van der Waals surface area contributed by atoms with Gasteiger partial charge in [-0.05, 0) is 54.3 Å². The molecule has 2 aromatic rings. The van der Waals surface area contributed by atoms with Gasteiger partial charge in [-0.1, -0.05) is 0 Å². The summed E-state index contributed by atoms with van der Waals surface area (Å²) in [5.41, 5.74) is 1.11. The molecule has 1 saturated heterocycles. The first-order chi connectivity index (χ1) is 11.9. The van der Waals surface area contributed by atoms with Crippen molar-refractivity contribution in [3.05, 3.63) is 39.4 Å². The minimum atomic E-state index is -3.50. The fourth-order valence-electron chi connectivity index (χ4n) is 3.09. The van der Waals surface area contributed by atoms with Gasteiger partial charge < -0.3 is 4.90 Å². The van der Waals surface area contributed by atoms with Gasteiger partial charge in [0.05, 0.1) is 5.92 Å². The minimum Gasteiger partial charge on any atom is -0.341 e. The molecule has 3 rings (SSSR count). The molecule has 136 valence electrons. The third-order valence-electron chi connectivity index (χ3n) is 4.42. The van der Waals surface area contributed by atoms with Crippen LogP contribution in [-0.2, 0) is 21.4 Å². The van der Waals surface area contributed by atoms with Crippen molar-refractivity contribution in [2.45, 2.75) is 30.5 Å². The topological polar surface area (TPSA) is 57.7 Å². The highest BCUT2D eigenvalue weighted by Crippen LogP contribution is 2.29. The van der Waals surface area contributed by atoms with Crippen LogP contribution in [-0.4, -0.2) is 43.7 Å². The first kappa shape index (κ1) is 18.6. The SMILES string of the molecule is Cc1ccc(S(=O)(=O)N2CCCC(C(=O)N(C)Cc3ccsc3)C2)s1. The van der Waals surface area contributed by atoms with E-state index in [0.717, 1.165) is 16.9 Å². The van der Waals surface area contributed by atoms with Crippen LogP contribution in [0.4, 0.5) is 0 Å². The molecule has 0 N–H and O–H groups in total. The number of sulfonamides is 1. The van der Waals surface area contributed by atoms with Gasteiger partial charge in [0.1, 0.15) is 4.21 Å². The summed E-state index contributed by atoms with van der Waals surface area (Å²) in [5.74, 6) is -0.248. The molecule has 1 fully saturated rings. The largest absolute Gasteiger partial charge is 0.341 e. The second kappa shape index (κ2) is 7.57. The van der Waals surface area contributed by atoms with Crippen LogP contribution in [0.2, 0.25) is 0 Å². The van der Waals surface area contributed by atoms with Gasteiger partial charge in [0.15, 0.2) is 0 Å². The summed E-state index contributed by atoms with van der Waals surface area (Å²) in [6, 6.07) is 5.48. The lowest BCUT2D eigenvalue weighted by Gasteiger charge is -2.33. The Hall–Kier alpha value is -1.22. The number of piperidine rings is 1. The van der Waals surface area contributed by atoms with Crippen molar-refractivity contribution < 1.29 is 13.2 Å². The highest BCUT2D eigenvalue weighted by atomic mass is 32.2. The highest BCUT2D eigenvalue weighted by molar-refractivity contribution is 7.91. The molecule has 0 aromatic carbocycles. The smallest absolute Gasteiger partial charge is 0.252 e. The maximum Gasteiger partial charge on any atom is 0.252 e. The normalized spacial score (nSPS) is 19.0. The molecule has 3 heterocycles. The van der Waals surface area contributed by atoms with Gasteiger partial charge in [0, 0.05) is 31.6 Å². The Morgan fingerprint density at radius 3 is 2.80 bits per heavy atom. The van der Waals surface area contributed by atoms with Crippen LogP contribution >= 0.6 is 22.7 Å². The second-order valence-electron chi connectivity index (χ2n) is 6.39. The van der Waals surface area contributed by atoms with E-state index in [1.165, 1.54) is 15.6 Å². The van der Waals surface area contributed by atoms with Crippen LogP contribution < -0.4 is 0 Å². The van der Waals surface area contributed by atoms with Crippen LogP contribution in [0, 0.1) is 12.8 Å². The maximum atomic E-state index is 12.8. The van der Waals surface area contributed by atoms with Crippen LogP contribution in [0.3, 0.4) is 0 Å². The number of rotatable bonds is 5. The lowest BCUT2D eigenvalue weighted by atomic mass is 9.98. The lowest BCUT2D eigenvalue weighted by molar-refractivity contribution is -0.135. The van der Waals surface area contributed by atoms with E-state index in [2.05, 4.69) is 0 Å². The number of nitrogens with zero attached hydrogens (tertiary/aromatic N) is 2. The quantitative estimate of drug-likeness (QED) is 0.777. The summed E-state index contributed by atoms with van der Waals surface area (Å²) in [6.45, 7) is 3.21. The predicted molar refractivity (Wildman–Crippen MR) is 101 cm³/mol. The summed E-state index contributed by atoms with van der Waals surface area (Å²) < 4.78 is 27.5. The molecule has 2 aromatic heterocycles. The van der Waals surface area contributed by atoms with E-state index in [9.17, 15) is 13.2 Å². The van der Waals surface area contributed by atoms with Gasteiger partial charge >= 0.3 is 0 Å². The average molecular weight is 399 g/mol. The van der Waals surface area contributed by atoms with E-state index < -0.39 is 10.0 Å².